The summed E-state index contributed by atoms with van der Waals surface area (Å²) in [6, 6.07) is -0.656. The lowest BCUT2D eigenvalue weighted by molar-refractivity contribution is -0.124. The van der Waals surface area contributed by atoms with Crippen LogP contribution in [0.2, 0.25) is 0 Å². The van der Waals surface area contributed by atoms with Crippen molar-refractivity contribution in [2.45, 2.75) is 52.6 Å². The molecule has 0 aromatic carbocycles. The van der Waals surface area contributed by atoms with Crippen LogP contribution >= 0.6 is 0 Å². The van der Waals surface area contributed by atoms with Crippen LogP contribution in [-0.2, 0) is 18.3 Å². The van der Waals surface area contributed by atoms with Crippen molar-refractivity contribution in [2.75, 3.05) is 5.73 Å². The van der Waals surface area contributed by atoms with Crippen LogP contribution in [0.3, 0.4) is 0 Å². The van der Waals surface area contributed by atoms with Crippen LogP contribution in [0.1, 0.15) is 50.8 Å². The molecule has 7 nitrogen and oxygen atoms in total. The number of amides is 2. The molecule has 2 amide bonds. The highest BCUT2D eigenvalue weighted by molar-refractivity contribution is 6.00. The minimum Gasteiger partial charge on any atom is -0.395 e. The summed E-state index contributed by atoms with van der Waals surface area (Å²) in [4.78, 5) is 24.2. The molecule has 7 heteroatoms. The number of carbonyl (C=O) groups excluding carboxylic acids is 2. The summed E-state index contributed by atoms with van der Waals surface area (Å²) >= 11 is 0. The number of nitrogens with one attached hydrogen (secondary N) is 2. The van der Waals surface area contributed by atoms with E-state index in [1.807, 2.05) is 27.7 Å². The number of nitrogen functional groups attached to an aromatic ring is 1. The first-order valence-electron chi connectivity index (χ1n) is 7.01. The van der Waals surface area contributed by atoms with Gasteiger partial charge in [0, 0.05) is 12.6 Å². The Morgan fingerprint density at radius 3 is 2.38 bits per heavy atom. The summed E-state index contributed by atoms with van der Waals surface area (Å²) in [5.41, 5.74) is 6.89. The molecule has 0 aliphatic rings. The van der Waals surface area contributed by atoms with Crippen LogP contribution in [0.5, 0.6) is 0 Å². The Morgan fingerprint density at radius 1 is 1.38 bits per heavy atom. The van der Waals surface area contributed by atoms with Gasteiger partial charge in [-0.3, -0.25) is 14.3 Å². The second-order valence-electron chi connectivity index (χ2n) is 6.12. The highest BCUT2D eigenvalue weighted by Crippen LogP contribution is 2.16. The molecule has 1 aromatic heterocycles. The van der Waals surface area contributed by atoms with Gasteiger partial charge >= 0.3 is 0 Å². The van der Waals surface area contributed by atoms with Crippen LogP contribution in [0, 0.1) is 0 Å². The second kappa shape index (κ2) is 6.15. The van der Waals surface area contributed by atoms with Crippen molar-refractivity contribution in [3.63, 3.8) is 0 Å². The Bertz CT molecular complexity index is 542. The molecule has 1 aromatic rings. The average molecular weight is 295 g/mol. The molecule has 0 fully saturated rings. The van der Waals surface area contributed by atoms with Gasteiger partial charge in [-0.15, -0.1) is 0 Å². The third-order valence-electron chi connectivity index (χ3n) is 2.95. The van der Waals surface area contributed by atoms with E-state index in [2.05, 4.69) is 15.7 Å². The van der Waals surface area contributed by atoms with Crippen molar-refractivity contribution in [1.82, 2.24) is 20.4 Å². The maximum Gasteiger partial charge on any atom is 0.272 e. The predicted molar refractivity (Wildman–Crippen MR) is 81.8 cm³/mol. The molecule has 21 heavy (non-hydrogen) atoms. The van der Waals surface area contributed by atoms with Crippen molar-refractivity contribution >= 4 is 17.5 Å². The van der Waals surface area contributed by atoms with Gasteiger partial charge in [-0.25, -0.2) is 0 Å². The standard InChI is InChI=1S/C14H25N5O2/c1-7-9-10(15)11(19(6)18-9)13(21)16-8(2)12(20)17-14(3,4)5/h8H,7,15H2,1-6H3,(H,16,21)(H,17,20). The minimum atomic E-state index is -0.656. The van der Waals surface area contributed by atoms with Gasteiger partial charge in [0.25, 0.3) is 5.91 Å². The molecule has 0 radical (unpaired) electrons. The summed E-state index contributed by atoms with van der Waals surface area (Å²) < 4.78 is 1.44. The van der Waals surface area contributed by atoms with Gasteiger partial charge in [0.05, 0.1) is 11.4 Å². The third-order valence-corrected chi connectivity index (χ3v) is 2.95. The van der Waals surface area contributed by atoms with Gasteiger partial charge in [0.2, 0.25) is 5.91 Å². The Labute approximate surface area is 125 Å². The summed E-state index contributed by atoms with van der Waals surface area (Å²) in [5, 5.41) is 9.65. The number of hydrogen-bond acceptors (Lipinski definition) is 4. The van der Waals surface area contributed by atoms with Crippen molar-refractivity contribution in [3.8, 4) is 0 Å². The van der Waals surface area contributed by atoms with E-state index in [1.165, 1.54) is 4.68 Å². The smallest absolute Gasteiger partial charge is 0.272 e. The zero-order chi connectivity index (χ0) is 16.4. The van der Waals surface area contributed by atoms with Crippen molar-refractivity contribution < 1.29 is 9.59 Å². The van der Waals surface area contributed by atoms with Gasteiger partial charge in [0.15, 0.2) is 0 Å². The number of nitrogens with zero attached hydrogens (tertiary/aromatic N) is 2. The maximum absolute atomic E-state index is 12.3. The Balaban J connectivity index is 2.82. The molecule has 0 saturated heterocycles. The minimum absolute atomic E-state index is 0.243. The molecule has 1 atom stereocenters. The van der Waals surface area contributed by atoms with E-state index in [1.54, 1.807) is 14.0 Å². The largest absolute Gasteiger partial charge is 0.395 e. The highest BCUT2D eigenvalue weighted by Gasteiger charge is 2.24. The van der Waals surface area contributed by atoms with Crippen LogP contribution in [0.4, 0.5) is 5.69 Å². The van der Waals surface area contributed by atoms with Gasteiger partial charge in [-0.05, 0) is 34.1 Å². The summed E-state index contributed by atoms with van der Waals surface area (Å²) in [7, 11) is 1.66. The van der Waals surface area contributed by atoms with Crippen LogP contribution in [0.15, 0.2) is 0 Å². The fourth-order valence-corrected chi connectivity index (χ4v) is 1.93. The molecular weight excluding hydrogens is 270 g/mol. The molecular formula is C14H25N5O2. The van der Waals surface area contributed by atoms with E-state index in [9.17, 15) is 9.59 Å². The number of nitrogens with two attached hydrogens (primary N) is 1. The fraction of sp³-hybridized carbons (Fsp3) is 0.643. The Hall–Kier alpha value is -2.05. The summed E-state index contributed by atoms with van der Waals surface area (Å²) in [6.07, 6.45) is 0.646. The number of aryl methyl sites for hydroxylation is 2. The first-order valence-corrected chi connectivity index (χ1v) is 7.01. The van der Waals surface area contributed by atoms with Gasteiger partial charge < -0.3 is 16.4 Å². The summed E-state index contributed by atoms with van der Waals surface area (Å²) in [5.74, 6) is -0.647. The van der Waals surface area contributed by atoms with Crippen LogP contribution in [0.25, 0.3) is 0 Å². The van der Waals surface area contributed by atoms with E-state index in [-0.39, 0.29) is 17.1 Å². The number of anilines is 1. The molecule has 0 bridgehead atoms. The zero-order valence-corrected chi connectivity index (χ0v) is 13.6. The van der Waals surface area contributed by atoms with Gasteiger partial charge in [0.1, 0.15) is 11.7 Å². The Kier molecular flexibility index (Phi) is 4.98. The quantitative estimate of drug-likeness (QED) is 0.757. The second-order valence-corrected chi connectivity index (χ2v) is 6.12. The third kappa shape index (κ3) is 4.21. The summed E-state index contributed by atoms with van der Waals surface area (Å²) in [6.45, 7) is 9.19. The molecule has 0 spiro atoms. The molecule has 1 unspecified atom stereocenters. The average Bonchev–Trinajstić information content (AvgIpc) is 2.61. The highest BCUT2D eigenvalue weighted by atomic mass is 16.2. The van der Waals surface area contributed by atoms with E-state index < -0.39 is 11.9 Å². The monoisotopic (exact) mass is 295 g/mol. The van der Waals surface area contributed by atoms with Crippen LogP contribution < -0.4 is 16.4 Å². The maximum atomic E-state index is 12.3. The molecule has 4 N–H and O–H groups in total. The van der Waals surface area contributed by atoms with E-state index in [0.717, 1.165) is 0 Å². The SMILES string of the molecule is CCc1nn(C)c(C(=O)NC(C)C(=O)NC(C)(C)C)c1N. The fourth-order valence-electron chi connectivity index (χ4n) is 1.93. The number of hydrogen-bond donors (Lipinski definition) is 3. The van der Waals surface area contributed by atoms with Gasteiger partial charge in [-0.1, -0.05) is 6.92 Å². The molecule has 0 aliphatic heterocycles. The number of rotatable bonds is 4. The zero-order valence-electron chi connectivity index (χ0n) is 13.6. The Morgan fingerprint density at radius 2 is 1.95 bits per heavy atom. The van der Waals surface area contributed by atoms with E-state index in [4.69, 9.17) is 5.73 Å². The lowest BCUT2D eigenvalue weighted by atomic mass is 10.1. The lowest BCUT2D eigenvalue weighted by Gasteiger charge is -2.23. The molecule has 1 rings (SSSR count). The molecule has 0 saturated carbocycles. The number of aromatic nitrogens is 2. The molecule has 118 valence electrons. The first-order chi connectivity index (χ1) is 9.56. The van der Waals surface area contributed by atoms with Gasteiger partial charge in [-0.2, -0.15) is 5.10 Å². The van der Waals surface area contributed by atoms with Crippen molar-refractivity contribution in [1.29, 1.82) is 0 Å². The van der Waals surface area contributed by atoms with Crippen molar-refractivity contribution in [2.24, 2.45) is 7.05 Å². The van der Waals surface area contributed by atoms with Crippen molar-refractivity contribution in [3.05, 3.63) is 11.4 Å². The van der Waals surface area contributed by atoms with E-state index >= 15 is 0 Å². The normalized spacial score (nSPS) is 12.9. The molecule has 0 aliphatic carbocycles. The molecule has 1 heterocycles. The first kappa shape index (κ1) is 17.0. The van der Waals surface area contributed by atoms with E-state index in [0.29, 0.717) is 17.8 Å². The van der Waals surface area contributed by atoms with Crippen LogP contribution in [-0.4, -0.2) is 33.2 Å². The predicted octanol–water partition coefficient (Wildman–Crippen LogP) is 0.598. The lowest BCUT2D eigenvalue weighted by Crippen LogP contribution is -2.51. The number of carbonyl (C=O) groups is 2. The topological polar surface area (TPSA) is 102 Å².